The molecule has 0 bridgehead atoms. The first-order valence-electron chi connectivity index (χ1n) is 13.6. The van der Waals surface area contributed by atoms with Crippen LogP contribution in [0.5, 0.6) is 5.75 Å². The minimum absolute atomic E-state index is 0.264. The first-order valence-corrected chi connectivity index (χ1v) is 15.2. The largest absolute Gasteiger partial charge is 0.488 e. The lowest BCUT2D eigenvalue weighted by Gasteiger charge is -2.25. The molecule has 1 aromatic heterocycles. The molecule has 0 fully saturated rings. The fourth-order valence-corrected chi connectivity index (χ4v) is 6.47. The number of benzene rings is 4. The predicted octanol–water partition coefficient (Wildman–Crippen LogP) is 6.49. The summed E-state index contributed by atoms with van der Waals surface area (Å²) in [7, 11) is 0. The SMILES string of the molecule is CC1=C(C(=O)Nc2ccccc2)[C@H](c2ccc(F)cc2)n2c(s/c(=C\c3ccc(OCc4ccc(F)cc4)c(Br)c3)c2=O)=N1. The van der Waals surface area contributed by atoms with Gasteiger partial charge in [0.25, 0.3) is 11.5 Å². The fraction of sp³-hybridized carbons (Fsp3) is 0.0882. The molecule has 220 valence electrons. The number of thiazole rings is 1. The van der Waals surface area contributed by atoms with Gasteiger partial charge < -0.3 is 10.1 Å². The normalized spacial score (nSPS) is 14.6. The third-order valence-corrected chi connectivity index (χ3v) is 8.65. The molecular formula is C34H24BrF2N3O3S. The van der Waals surface area contributed by atoms with E-state index in [-0.39, 0.29) is 18.0 Å². The van der Waals surface area contributed by atoms with Crippen LogP contribution < -0.4 is 24.9 Å². The van der Waals surface area contributed by atoms with E-state index in [1.165, 1.54) is 40.2 Å². The number of nitrogens with zero attached hydrogens (tertiary/aromatic N) is 2. The molecule has 1 aliphatic heterocycles. The first-order chi connectivity index (χ1) is 21.3. The van der Waals surface area contributed by atoms with E-state index in [1.807, 2.05) is 30.3 Å². The Kier molecular flexibility index (Phi) is 8.36. The van der Waals surface area contributed by atoms with Crippen LogP contribution in [0.25, 0.3) is 6.08 Å². The zero-order chi connectivity index (χ0) is 30.8. The molecule has 1 N–H and O–H groups in total. The van der Waals surface area contributed by atoms with Crippen molar-refractivity contribution in [3.63, 3.8) is 0 Å². The number of halogens is 3. The summed E-state index contributed by atoms with van der Waals surface area (Å²) in [5, 5.41) is 2.90. The van der Waals surface area contributed by atoms with Gasteiger partial charge in [-0.1, -0.05) is 59.9 Å². The van der Waals surface area contributed by atoms with Gasteiger partial charge in [0.2, 0.25) is 0 Å². The first kappa shape index (κ1) is 29.4. The molecule has 1 amide bonds. The Morgan fingerprint density at radius 2 is 1.68 bits per heavy atom. The lowest BCUT2D eigenvalue weighted by molar-refractivity contribution is -0.113. The van der Waals surface area contributed by atoms with E-state index in [0.717, 1.165) is 11.1 Å². The van der Waals surface area contributed by atoms with E-state index in [1.54, 1.807) is 55.5 Å². The molecule has 0 aliphatic carbocycles. The molecule has 0 radical (unpaired) electrons. The maximum absolute atomic E-state index is 13.9. The zero-order valence-corrected chi connectivity index (χ0v) is 25.7. The Morgan fingerprint density at radius 3 is 2.36 bits per heavy atom. The van der Waals surface area contributed by atoms with Crippen molar-refractivity contribution in [1.82, 2.24) is 4.57 Å². The average molecular weight is 673 g/mol. The highest BCUT2D eigenvalue weighted by Gasteiger charge is 2.32. The molecule has 44 heavy (non-hydrogen) atoms. The van der Waals surface area contributed by atoms with E-state index in [0.29, 0.717) is 42.1 Å². The lowest BCUT2D eigenvalue weighted by Crippen LogP contribution is -2.40. The van der Waals surface area contributed by atoms with Crippen LogP contribution >= 0.6 is 27.3 Å². The Balaban J connectivity index is 1.36. The van der Waals surface area contributed by atoms with Crippen LogP contribution in [0.3, 0.4) is 0 Å². The van der Waals surface area contributed by atoms with Crippen LogP contribution in [-0.2, 0) is 11.4 Å². The van der Waals surface area contributed by atoms with Crippen LogP contribution in [0, 0.1) is 11.6 Å². The molecular weight excluding hydrogens is 648 g/mol. The summed E-state index contributed by atoms with van der Waals surface area (Å²) in [4.78, 5) is 32.6. The lowest BCUT2D eigenvalue weighted by atomic mass is 9.95. The Hall–Kier alpha value is -4.67. The van der Waals surface area contributed by atoms with Crippen LogP contribution in [0.1, 0.15) is 29.7 Å². The summed E-state index contributed by atoms with van der Waals surface area (Å²) in [5.41, 5.74) is 3.18. The number of ether oxygens (including phenoxy) is 1. The number of anilines is 1. The average Bonchev–Trinajstić information content (AvgIpc) is 3.31. The number of hydrogen-bond donors (Lipinski definition) is 1. The molecule has 10 heteroatoms. The molecule has 2 heterocycles. The van der Waals surface area contributed by atoms with Gasteiger partial charge in [-0.15, -0.1) is 0 Å². The molecule has 1 aliphatic rings. The van der Waals surface area contributed by atoms with Crippen LogP contribution in [0.4, 0.5) is 14.5 Å². The Morgan fingerprint density at radius 1 is 1.00 bits per heavy atom. The van der Waals surface area contributed by atoms with Crippen molar-refractivity contribution in [2.75, 3.05) is 5.32 Å². The van der Waals surface area contributed by atoms with E-state index < -0.39 is 17.8 Å². The minimum atomic E-state index is -0.813. The maximum Gasteiger partial charge on any atom is 0.271 e. The number of hydrogen-bond acceptors (Lipinski definition) is 5. The molecule has 0 unspecified atom stereocenters. The third-order valence-electron chi connectivity index (χ3n) is 7.05. The number of fused-ring (bicyclic) bond motifs is 1. The van der Waals surface area contributed by atoms with Crippen LogP contribution in [-0.4, -0.2) is 10.5 Å². The summed E-state index contributed by atoms with van der Waals surface area (Å²) in [5.74, 6) is -0.543. The molecule has 4 aromatic carbocycles. The maximum atomic E-state index is 13.9. The highest BCUT2D eigenvalue weighted by molar-refractivity contribution is 9.10. The molecule has 0 spiro atoms. The van der Waals surface area contributed by atoms with Gasteiger partial charge in [-0.2, -0.15) is 0 Å². The van der Waals surface area contributed by atoms with Gasteiger partial charge in [0.1, 0.15) is 24.0 Å². The van der Waals surface area contributed by atoms with Crippen molar-refractivity contribution in [3.8, 4) is 5.75 Å². The molecule has 1 atom stereocenters. The second-order valence-corrected chi connectivity index (χ2v) is 11.9. The molecule has 5 aromatic rings. The number of amides is 1. The van der Waals surface area contributed by atoms with E-state index in [4.69, 9.17) is 4.74 Å². The number of carbonyl (C=O) groups excluding carboxylic acids is 1. The second-order valence-electron chi connectivity index (χ2n) is 10.1. The van der Waals surface area contributed by atoms with Gasteiger partial charge >= 0.3 is 0 Å². The van der Waals surface area contributed by atoms with E-state index in [2.05, 4.69) is 26.2 Å². The summed E-state index contributed by atoms with van der Waals surface area (Å²) in [6.07, 6.45) is 1.75. The monoisotopic (exact) mass is 671 g/mol. The highest BCUT2D eigenvalue weighted by atomic mass is 79.9. The highest BCUT2D eigenvalue weighted by Crippen LogP contribution is 2.31. The number of rotatable bonds is 7. The fourth-order valence-electron chi connectivity index (χ4n) is 4.91. The van der Waals surface area contributed by atoms with Crippen molar-refractivity contribution in [3.05, 3.63) is 161 Å². The zero-order valence-electron chi connectivity index (χ0n) is 23.3. The minimum Gasteiger partial charge on any atom is -0.488 e. The summed E-state index contributed by atoms with van der Waals surface area (Å²) in [6.45, 7) is 2.00. The third kappa shape index (κ3) is 6.17. The number of carbonyl (C=O) groups is 1. The summed E-state index contributed by atoms with van der Waals surface area (Å²) >= 11 is 4.75. The molecule has 6 rings (SSSR count). The number of nitrogens with one attached hydrogen (secondary N) is 1. The van der Waals surface area contributed by atoms with Gasteiger partial charge in [-0.05, 0) is 94.2 Å². The van der Waals surface area contributed by atoms with Gasteiger partial charge in [0.05, 0.1) is 26.3 Å². The quantitative estimate of drug-likeness (QED) is 0.215. The van der Waals surface area contributed by atoms with Crippen molar-refractivity contribution in [2.24, 2.45) is 4.99 Å². The van der Waals surface area contributed by atoms with Gasteiger partial charge in [0.15, 0.2) is 4.80 Å². The van der Waals surface area contributed by atoms with E-state index >= 15 is 0 Å². The molecule has 0 saturated carbocycles. The van der Waals surface area contributed by atoms with Crippen molar-refractivity contribution in [1.29, 1.82) is 0 Å². The number of para-hydroxylation sites is 1. The topological polar surface area (TPSA) is 72.7 Å². The van der Waals surface area contributed by atoms with Gasteiger partial charge in [-0.25, -0.2) is 13.8 Å². The Bertz CT molecular complexity index is 2070. The Labute approximate surface area is 263 Å². The van der Waals surface area contributed by atoms with Gasteiger partial charge in [-0.3, -0.25) is 14.2 Å². The van der Waals surface area contributed by atoms with Crippen LogP contribution in [0.15, 0.2) is 123 Å². The van der Waals surface area contributed by atoms with E-state index in [9.17, 15) is 18.4 Å². The van der Waals surface area contributed by atoms with Crippen molar-refractivity contribution < 1.29 is 18.3 Å². The van der Waals surface area contributed by atoms with Crippen LogP contribution in [0.2, 0.25) is 0 Å². The molecule has 6 nitrogen and oxygen atoms in total. The summed E-state index contributed by atoms with van der Waals surface area (Å²) in [6, 6.07) is 25.5. The molecule has 0 saturated heterocycles. The predicted molar refractivity (Wildman–Crippen MR) is 170 cm³/mol. The van der Waals surface area contributed by atoms with Crippen molar-refractivity contribution >= 4 is 44.9 Å². The van der Waals surface area contributed by atoms with Gasteiger partial charge in [0, 0.05) is 5.69 Å². The second kappa shape index (κ2) is 12.5. The number of allylic oxidation sites excluding steroid dienone is 1. The smallest absolute Gasteiger partial charge is 0.271 e. The van der Waals surface area contributed by atoms with Crippen molar-refractivity contribution in [2.45, 2.75) is 19.6 Å². The number of aromatic nitrogens is 1. The standard InChI is InChI=1S/C34H24BrF2N3O3S/c1-20-30(32(41)39-26-5-3-2-4-6-26)31(23-10-14-25(37)15-11-23)40-33(42)29(44-34(40)38-20)18-22-9-16-28(27(35)17-22)43-19-21-7-12-24(36)13-8-21/h2-18,31H,19H2,1H3,(H,39,41)/b29-18-/t31-/m0/s1. The summed E-state index contributed by atoms with van der Waals surface area (Å²) < 4.78 is 35.6.